The number of aryl methyl sites for hydroxylation is 1. The molecule has 0 saturated heterocycles. The Labute approximate surface area is 162 Å². The highest BCUT2D eigenvalue weighted by Gasteiger charge is 2.29. The fourth-order valence-corrected chi connectivity index (χ4v) is 3.16. The Kier molecular flexibility index (Phi) is 8.00. The van der Waals surface area contributed by atoms with Gasteiger partial charge in [0, 0.05) is 5.92 Å². The topological polar surface area (TPSA) is 52.6 Å². The first kappa shape index (κ1) is 23.1. The normalized spacial score (nSPS) is 15.2. The van der Waals surface area contributed by atoms with Crippen molar-refractivity contribution in [3.63, 3.8) is 0 Å². The summed E-state index contributed by atoms with van der Waals surface area (Å²) in [5.74, 6) is -1.57. The quantitative estimate of drug-likeness (QED) is 0.612. The SMILES string of the molecule is Cc1cc([C@H](C(C)C)[C@H](C)OC(=O)[C@H](C)CC(=O)OC(C)(C)C)ccc1F. The number of benzene rings is 1. The molecule has 0 aromatic heterocycles. The van der Waals surface area contributed by atoms with Crippen molar-refractivity contribution in [3.05, 3.63) is 35.1 Å². The molecule has 4 nitrogen and oxygen atoms in total. The van der Waals surface area contributed by atoms with Crippen LogP contribution in [0.4, 0.5) is 4.39 Å². The Morgan fingerprint density at radius 2 is 1.70 bits per heavy atom. The predicted molar refractivity (Wildman–Crippen MR) is 104 cm³/mol. The zero-order valence-corrected chi connectivity index (χ0v) is 17.8. The molecule has 0 fully saturated rings. The molecule has 0 aliphatic rings. The second-order valence-corrected chi connectivity index (χ2v) is 8.61. The maximum atomic E-state index is 13.6. The zero-order valence-electron chi connectivity index (χ0n) is 17.8. The number of halogens is 1. The van der Waals surface area contributed by atoms with E-state index in [-0.39, 0.29) is 24.1 Å². The van der Waals surface area contributed by atoms with Crippen molar-refractivity contribution < 1.29 is 23.5 Å². The minimum atomic E-state index is -0.593. The number of esters is 2. The summed E-state index contributed by atoms with van der Waals surface area (Å²) in [5.41, 5.74) is 0.913. The van der Waals surface area contributed by atoms with E-state index >= 15 is 0 Å². The first-order valence-corrected chi connectivity index (χ1v) is 9.50. The molecule has 5 heteroatoms. The van der Waals surface area contributed by atoms with E-state index in [1.807, 2.05) is 20.8 Å². The van der Waals surface area contributed by atoms with Gasteiger partial charge >= 0.3 is 11.9 Å². The van der Waals surface area contributed by atoms with Crippen molar-refractivity contribution in [3.8, 4) is 0 Å². The van der Waals surface area contributed by atoms with Crippen molar-refractivity contribution in [1.82, 2.24) is 0 Å². The van der Waals surface area contributed by atoms with Crippen molar-refractivity contribution in [2.24, 2.45) is 11.8 Å². The molecule has 0 aliphatic carbocycles. The molecule has 1 aromatic rings. The van der Waals surface area contributed by atoms with E-state index in [0.717, 1.165) is 5.56 Å². The third-order valence-corrected chi connectivity index (χ3v) is 4.39. The molecule has 0 heterocycles. The summed E-state index contributed by atoms with van der Waals surface area (Å²) in [6.45, 7) is 14.6. The highest BCUT2D eigenvalue weighted by molar-refractivity contribution is 5.80. The van der Waals surface area contributed by atoms with Gasteiger partial charge < -0.3 is 9.47 Å². The lowest BCUT2D eigenvalue weighted by Gasteiger charge is -2.29. The van der Waals surface area contributed by atoms with Crippen LogP contribution in [0.25, 0.3) is 0 Å². The van der Waals surface area contributed by atoms with Gasteiger partial charge in [0.25, 0.3) is 0 Å². The van der Waals surface area contributed by atoms with Crippen LogP contribution in [0.2, 0.25) is 0 Å². The standard InChI is InChI=1S/C22H33FO4/c1-13(2)20(17-9-10-18(23)14(3)11-17)16(5)26-21(25)15(4)12-19(24)27-22(6,7)8/h9-11,13,15-16,20H,12H2,1-8H3/t15-,16+,20-/m1/s1. The van der Waals surface area contributed by atoms with Crippen LogP contribution >= 0.6 is 0 Å². The Morgan fingerprint density at radius 3 is 2.19 bits per heavy atom. The number of hydrogen-bond acceptors (Lipinski definition) is 4. The molecule has 0 aliphatic heterocycles. The summed E-state index contributed by atoms with van der Waals surface area (Å²) in [4.78, 5) is 24.4. The van der Waals surface area contributed by atoms with Crippen LogP contribution in [0.15, 0.2) is 18.2 Å². The average Bonchev–Trinajstić information content (AvgIpc) is 2.48. The molecule has 3 atom stereocenters. The highest BCUT2D eigenvalue weighted by Crippen LogP contribution is 2.31. The van der Waals surface area contributed by atoms with Crippen LogP contribution < -0.4 is 0 Å². The lowest BCUT2D eigenvalue weighted by Crippen LogP contribution is -2.31. The minimum Gasteiger partial charge on any atom is -0.462 e. The molecule has 0 radical (unpaired) electrons. The Hall–Kier alpha value is -1.91. The van der Waals surface area contributed by atoms with E-state index in [1.54, 1.807) is 46.8 Å². The van der Waals surface area contributed by atoms with Gasteiger partial charge in [-0.3, -0.25) is 9.59 Å². The summed E-state index contributed by atoms with van der Waals surface area (Å²) in [5, 5.41) is 0. The second kappa shape index (κ2) is 9.34. The molecule has 1 rings (SSSR count). The van der Waals surface area contributed by atoms with Crippen LogP contribution in [0.5, 0.6) is 0 Å². The lowest BCUT2D eigenvalue weighted by molar-refractivity contribution is -0.163. The third kappa shape index (κ3) is 7.31. The number of rotatable bonds is 7. The zero-order chi connectivity index (χ0) is 20.9. The van der Waals surface area contributed by atoms with Gasteiger partial charge in [-0.15, -0.1) is 0 Å². The summed E-state index contributed by atoms with van der Waals surface area (Å²) in [6.07, 6.45) is -0.423. The van der Waals surface area contributed by atoms with Gasteiger partial charge in [0.1, 0.15) is 17.5 Å². The number of ether oxygens (including phenoxy) is 2. The Balaban J connectivity index is 2.80. The predicted octanol–water partition coefficient (Wildman–Crippen LogP) is 5.17. The van der Waals surface area contributed by atoms with E-state index in [1.165, 1.54) is 6.07 Å². The second-order valence-electron chi connectivity index (χ2n) is 8.61. The van der Waals surface area contributed by atoms with Gasteiger partial charge in [-0.25, -0.2) is 4.39 Å². The van der Waals surface area contributed by atoms with Gasteiger partial charge in [-0.1, -0.05) is 32.9 Å². The molecule has 0 bridgehead atoms. The molecule has 0 spiro atoms. The first-order chi connectivity index (χ1) is 12.3. The van der Waals surface area contributed by atoms with Crippen LogP contribution in [0.1, 0.15) is 71.9 Å². The van der Waals surface area contributed by atoms with Crippen molar-refractivity contribution in [2.45, 2.75) is 79.4 Å². The monoisotopic (exact) mass is 380 g/mol. The average molecular weight is 381 g/mol. The van der Waals surface area contributed by atoms with Gasteiger partial charge in [0.05, 0.1) is 12.3 Å². The Bertz CT molecular complexity index is 661. The van der Waals surface area contributed by atoms with Gasteiger partial charge in [0.2, 0.25) is 0 Å². The Morgan fingerprint density at radius 1 is 1.11 bits per heavy atom. The highest BCUT2D eigenvalue weighted by atomic mass is 19.1. The maximum absolute atomic E-state index is 13.6. The van der Waals surface area contributed by atoms with Crippen molar-refractivity contribution >= 4 is 11.9 Å². The summed E-state index contributed by atoms with van der Waals surface area (Å²) in [6, 6.07) is 4.98. The van der Waals surface area contributed by atoms with Crippen molar-refractivity contribution in [2.75, 3.05) is 0 Å². The first-order valence-electron chi connectivity index (χ1n) is 9.50. The largest absolute Gasteiger partial charge is 0.462 e. The van der Waals surface area contributed by atoms with E-state index in [4.69, 9.17) is 9.47 Å². The summed E-state index contributed by atoms with van der Waals surface area (Å²) >= 11 is 0. The van der Waals surface area contributed by atoms with E-state index in [9.17, 15) is 14.0 Å². The fourth-order valence-electron chi connectivity index (χ4n) is 3.16. The summed E-state index contributed by atoms with van der Waals surface area (Å²) in [7, 11) is 0. The van der Waals surface area contributed by atoms with Gasteiger partial charge in [0.15, 0.2) is 0 Å². The molecular weight excluding hydrogens is 347 g/mol. The van der Waals surface area contributed by atoms with E-state index < -0.39 is 29.6 Å². The van der Waals surface area contributed by atoms with Gasteiger partial charge in [-0.2, -0.15) is 0 Å². The third-order valence-electron chi connectivity index (χ3n) is 4.39. The van der Waals surface area contributed by atoms with Crippen LogP contribution in [-0.2, 0) is 19.1 Å². The fraction of sp³-hybridized carbons (Fsp3) is 0.636. The molecule has 0 amide bonds. The molecule has 152 valence electrons. The number of hydrogen-bond donors (Lipinski definition) is 0. The lowest BCUT2D eigenvalue weighted by atomic mass is 9.83. The molecule has 1 aromatic carbocycles. The van der Waals surface area contributed by atoms with Crippen LogP contribution in [0.3, 0.4) is 0 Å². The van der Waals surface area contributed by atoms with Crippen molar-refractivity contribution in [1.29, 1.82) is 0 Å². The van der Waals surface area contributed by atoms with E-state index in [2.05, 4.69) is 0 Å². The molecular formula is C22H33FO4. The molecule has 0 saturated carbocycles. The molecule has 0 unspecified atom stereocenters. The summed E-state index contributed by atoms with van der Waals surface area (Å²) < 4.78 is 24.5. The van der Waals surface area contributed by atoms with E-state index in [0.29, 0.717) is 5.56 Å². The number of carbonyl (C=O) groups is 2. The number of carbonyl (C=O) groups excluding carboxylic acids is 2. The van der Waals surface area contributed by atoms with Crippen LogP contribution in [0, 0.1) is 24.6 Å². The molecule has 27 heavy (non-hydrogen) atoms. The maximum Gasteiger partial charge on any atom is 0.309 e. The molecule has 0 N–H and O–H groups in total. The smallest absolute Gasteiger partial charge is 0.309 e. The van der Waals surface area contributed by atoms with Crippen LogP contribution in [-0.4, -0.2) is 23.6 Å². The van der Waals surface area contributed by atoms with Gasteiger partial charge in [-0.05, 0) is 57.7 Å². The minimum absolute atomic E-state index is 0.0230.